The predicted octanol–water partition coefficient (Wildman–Crippen LogP) is 2.10. The third-order valence-corrected chi connectivity index (χ3v) is 7.33. The third kappa shape index (κ3) is 3.77. The molecular formula is C21H22FN3O4S. The van der Waals surface area contributed by atoms with Gasteiger partial charge >= 0.3 is 0 Å². The van der Waals surface area contributed by atoms with Gasteiger partial charge in [-0.3, -0.25) is 9.59 Å². The number of rotatable bonds is 5. The maximum Gasteiger partial charge on any atom is 0.269 e. The van der Waals surface area contributed by atoms with Gasteiger partial charge in [0, 0.05) is 44.8 Å². The maximum atomic E-state index is 13.1. The second-order valence-electron chi connectivity index (χ2n) is 7.33. The van der Waals surface area contributed by atoms with Crippen molar-refractivity contribution in [1.82, 2.24) is 9.21 Å². The number of anilines is 1. The molecule has 4 rings (SSSR count). The van der Waals surface area contributed by atoms with E-state index in [2.05, 4.69) is 4.90 Å². The van der Waals surface area contributed by atoms with Crippen molar-refractivity contribution in [3.05, 3.63) is 59.9 Å². The summed E-state index contributed by atoms with van der Waals surface area (Å²) in [4.78, 5) is 28.8. The number of piperazine rings is 1. The topological polar surface area (TPSA) is 78.0 Å². The summed E-state index contributed by atoms with van der Waals surface area (Å²) in [6.45, 7) is 2.36. The van der Waals surface area contributed by atoms with Crippen molar-refractivity contribution in [3.8, 4) is 0 Å². The fourth-order valence-electron chi connectivity index (χ4n) is 3.85. The molecule has 158 valence electrons. The first-order chi connectivity index (χ1) is 14.4. The van der Waals surface area contributed by atoms with Gasteiger partial charge in [0.15, 0.2) is 0 Å². The fourth-order valence-corrected chi connectivity index (χ4v) is 5.46. The molecule has 2 amide bonds. The summed E-state index contributed by atoms with van der Waals surface area (Å²) in [7, 11) is -3.83. The van der Waals surface area contributed by atoms with Crippen molar-refractivity contribution in [2.24, 2.45) is 0 Å². The van der Waals surface area contributed by atoms with E-state index in [4.69, 9.17) is 0 Å². The van der Waals surface area contributed by atoms with Gasteiger partial charge in [-0.2, -0.15) is 0 Å². The lowest BCUT2D eigenvalue weighted by Gasteiger charge is -2.36. The Bertz CT molecular complexity index is 1060. The molecule has 2 aromatic carbocycles. The number of halogens is 1. The predicted molar refractivity (Wildman–Crippen MR) is 109 cm³/mol. The Kier molecular flexibility index (Phi) is 5.46. The minimum atomic E-state index is -3.83. The first-order valence-electron chi connectivity index (χ1n) is 9.82. The molecule has 0 atom stereocenters. The second kappa shape index (κ2) is 8.06. The maximum absolute atomic E-state index is 13.1. The van der Waals surface area contributed by atoms with Crippen molar-refractivity contribution >= 4 is 27.5 Å². The zero-order chi connectivity index (χ0) is 21.3. The van der Waals surface area contributed by atoms with Crippen LogP contribution in [0.4, 0.5) is 10.1 Å². The molecule has 1 fully saturated rings. The quantitative estimate of drug-likeness (QED) is 0.725. The van der Waals surface area contributed by atoms with E-state index >= 15 is 0 Å². The van der Waals surface area contributed by atoms with Crippen LogP contribution >= 0.6 is 0 Å². The number of carbonyl (C=O) groups is 2. The van der Waals surface area contributed by atoms with E-state index in [1.807, 2.05) is 0 Å². The first-order valence-corrected chi connectivity index (χ1v) is 11.3. The number of hydrogen-bond donors (Lipinski definition) is 0. The molecule has 2 aromatic rings. The van der Waals surface area contributed by atoms with E-state index in [9.17, 15) is 22.4 Å². The van der Waals surface area contributed by atoms with E-state index in [1.165, 1.54) is 24.3 Å². The number of nitrogens with zero attached hydrogens (tertiary/aromatic N) is 3. The van der Waals surface area contributed by atoms with Crippen molar-refractivity contribution in [2.45, 2.75) is 17.7 Å². The van der Waals surface area contributed by atoms with Crippen LogP contribution in [-0.4, -0.2) is 62.2 Å². The minimum absolute atomic E-state index is 0.0167. The molecule has 2 heterocycles. The molecule has 0 spiro atoms. The summed E-state index contributed by atoms with van der Waals surface area (Å²) in [6.07, 6.45) is 0.447. The Labute approximate surface area is 174 Å². The van der Waals surface area contributed by atoms with E-state index < -0.39 is 15.9 Å². The fraction of sp³-hybridized carbons (Fsp3) is 0.333. The van der Waals surface area contributed by atoms with E-state index in [0.717, 1.165) is 9.99 Å². The van der Waals surface area contributed by atoms with Gasteiger partial charge in [0.2, 0.25) is 5.91 Å². The molecule has 0 unspecified atom stereocenters. The van der Waals surface area contributed by atoms with Crippen LogP contribution in [0.3, 0.4) is 0 Å². The molecule has 0 bridgehead atoms. The molecule has 0 aliphatic carbocycles. The van der Waals surface area contributed by atoms with Gasteiger partial charge in [0.1, 0.15) is 10.7 Å². The Morgan fingerprint density at radius 1 is 0.967 bits per heavy atom. The highest BCUT2D eigenvalue weighted by molar-refractivity contribution is 7.90. The lowest BCUT2D eigenvalue weighted by Crippen LogP contribution is -2.48. The number of benzene rings is 2. The summed E-state index contributed by atoms with van der Waals surface area (Å²) in [5, 5.41) is 0. The molecule has 1 saturated heterocycles. The first kappa shape index (κ1) is 20.3. The number of sulfonamides is 1. The Morgan fingerprint density at radius 2 is 1.63 bits per heavy atom. The summed E-state index contributed by atoms with van der Waals surface area (Å²) >= 11 is 0. The average Bonchev–Trinajstić information content (AvgIpc) is 2.95. The molecule has 9 heteroatoms. The van der Waals surface area contributed by atoms with E-state index in [0.29, 0.717) is 26.2 Å². The molecule has 2 aliphatic rings. The largest absolute Gasteiger partial charge is 0.368 e. The summed E-state index contributed by atoms with van der Waals surface area (Å²) in [5.74, 6) is -0.879. The van der Waals surface area contributed by atoms with Crippen LogP contribution in [0.5, 0.6) is 0 Å². The summed E-state index contributed by atoms with van der Waals surface area (Å²) < 4.78 is 39.0. The van der Waals surface area contributed by atoms with E-state index in [-0.39, 0.29) is 41.6 Å². The van der Waals surface area contributed by atoms with Crippen LogP contribution in [0.15, 0.2) is 53.4 Å². The van der Waals surface area contributed by atoms with Crippen LogP contribution in [-0.2, 0) is 14.8 Å². The smallest absolute Gasteiger partial charge is 0.269 e. The second-order valence-corrected chi connectivity index (χ2v) is 9.16. The number of fused-ring (bicyclic) bond motifs is 1. The summed E-state index contributed by atoms with van der Waals surface area (Å²) in [5.41, 5.74) is 1.10. The monoisotopic (exact) mass is 431 g/mol. The summed E-state index contributed by atoms with van der Waals surface area (Å²) in [6, 6.07) is 12.4. The highest BCUT2D eigenvalue weighted by atomic mass is 32.2. The van der Waals surface area contributed by atoms with Crippen LogP contribution in [0.2, 0.25) is 0 Å². The van der Waals surface area contributed by atoms with Crippen LogP contribution in [0.1, 0.15) is 23.2 Å². The molecule has 0 radical (unpaired) electrons. The lowest BCUT2D eigenvalue weighted by molar-refractivity contribution is -0.131. The van der Waals surface area contributed by atoms with Gasteiger partial charge < -0.3 is 9.80 Å². The van der Waals surface area contributed by atoms with Crippen molar-refractivity contribution < 1.29 is 22.4 Å². The Morgan fingerprint density at radius 3 is 2.30 bits per heavy atom. The standard InChI is InChI=1S/C21H22FN3O4S/c22-16-7-9-17(10-8-16)23-12-14-24(15-13-23)20(26)6-3-11-25-21(27)18-4-1-2-5-19(18)30(25,28)29/h1-2,4-5,7-10H,3,6,11-15H2. The van der Waals surface area contributed by atoms with Gasteiger partial charge in [-0.15, -0.1) is 0 Å². The number of hydrogen-bond acceptors (Lipinski definition) is 5. The minimum Gasteiger partial charge on any atom is -0.368 e. The highest BCUT2D eigenvalue weighted by Crippen LogP contribution is 2.30. The number of amides is 2. The van der Waals surface area contributed by atoms with Gasteiger partial charge in [0.25, 0.3) is 15.9 Å². The van der Waals surface area contributed by atoms with Crippen molar-refractivity contribution in [1.29, 1.82) is 0 Å². The van der Waals surface area contributed by atoms with Crippen LogP contribution in [0, 0.1) is 5.82 Å². The zero-order valence-electron chi connectivity index (χ0n) is 16.3. The SMILES string of the molecule is O=C(CCCN1C(=O)c2ccccc2S1(=O)=O)N1CCN(c2ccc(F)cc2)CC1. The van der Waals surface area contributed by atoms with Crippen molar-refractivity contribution in [3.63, 3.8) is 0 Å². The van der Waals surface area contributed by atoms with Crippen LogP contribution < -0.4 is 4.90 Å². The molecular weight excluding hydrogens is 409 g/mol. The van der Waals surface area contributed by atoms with Gasteiger partial charge in [-0.05, 0) is 42.8 Å². The molecule has 0 saturated carbocycles. The number of carbonyl (C=O) groups excluding carboxylic acids is 2. The molecule has 7 nitrogen and oxygen atoms in total. The van der Waals surface area contributed by atoms with Crippen LogP contribution in [0.25, 0.3) is 0 Å². The third-order valence-electron chi connectivity index (χ3n) is 5.49. The van der Waals surface area contributed by atoms with Crippen molar-refractivity contribution in [2.75, 3.05) is 37.6 Å². The van der Waals surface area contributed by atoms with E-state index in [1.54, 1.807) is 29.2 Å². The Hall–Kier alpha value is -2.94. The lowest BCUT2D eigenvalue weighted by atomic mass is 10.2. The molecule has 0 N–H and O–H groups in total. The highest BCUT2D eigenvalue weighted by Gasteiger charge is 2.40. The zero-order valence-corrected chi connectivity index (χ0v) is 17.1. The normalized spacial score (nSPS) is 17.9. The Balaban J connectivity index is 1.28. The molecule has 30 heavy (non-hydrogen) atoms. The average molecular weight is 431 g/mol. The molecule has 2 aliphatic heterocycles. The van der Waals surface area contributed by atoms with Gasteiger partial charge in [-0.1, -0.05) is 12.1 Å². The van der Waals surface area contributed by atoms with Gasteiger partial charge in [0.05, 0.1) is 5.56 Å². The van der Waals surface area contributed by atoms with Gasteiger partial charge in [-0.25, -0.2) is 17.1 Å². The molecule has 0 aromatic heterocycles.